The van der Waals surface area contributed by atoms with E-state index in [2.05, 4.69) is 5.32 Å². The zero-order valence-electron chi connectivity index (χ0n) is 11.9. The number of rotatable bonds is 5. The van der Waals surface area contributed by atoms with E-state index in [1.807, 2.05) is 13.0 Å². The molecule has 0 saturated carbocycles. The molecule has 0 radical (unpaired) electrons. The highest BCUT2D eigenvalue weighted by atomic mass is 19.1. The van der Waals surface area contributed by atoms with Crippen molar-refractivity contribution in [3.63, 3.8) is 0 Å². The van der Waals surface area contributed by atoms with E-state index >= 15 is 0 Å². The Bertz CT molecular complexity index is 671. The van der Waals surface area contributed by atoms with Crippen LogP contribution in [-0.2, 0) is 6.54 Å². The number of carbonyl (C=O) groups is 1. The SMILES string of the molecule is COc1ccc(CNc2cccc(C(N)=O)c2C)cc1F. The molecule has 21 heavy (non-hydrogen) atoms. The first-order chi connectivity index (χ1) is 10.0. The number of nitrogens with one attached hydrogen (secondary N) is 1. The van der Waals surface area contributed by atoms with Crippen LogP contribution in [0.2, 0.25) is 0 Å². The molecule has 1 amide bonds. The maximum Gasteiger partial charge on any atom is 0.249 e. The topological polar surface area (TPSA) is 64.3 Å². The van der Waals surface area contributed by atoms with E-state index in [-0.39, 0.29) is 5.75 Å². The summed E-state index contributed by atoms with van der Waals surface area (Å²) in [6, 6.07) is 10.1. The fourth-order valence-electron chi connectivity index (χ4n) is 2.11. The molecule has 4 nitrogen and oxygen atoms in total. The van der Waals surface area contributed by atoms with Gasteiger partial charge in [0.15, 0.2) is 11.6 Å². The average Bonchev–Trinajstić information content (AvgIpc) is 2.46. The number of methoxy groups -OCH3 is 1. The van der Waals surface area contributed by atoms with Crippen LogP contribution in [0.1, 0.15) is 21.5 Å². The van der Waals surface area contributed by atoms with Crippen LogP contribution in [0.5, 0.6) is 5.75 Å². The molecule has 0 heterocycles. The second kappa shape index (κ2) is 6.26. The molecule has 2 aromatic rings. The van der Waals surface area contributed by atoms with Crippen LogP contribution >= 0.6 is 0 Å². The Balaban J connectivity index is 2.15. The Kier molecular flexibility index (Phi) is 4.42. The molecule has 0 aromatic heterocycles. The number of primary amides is 1. The summed E-state index contributed by atoms with van der Waals surface area (Å²) < 4.78 is 18.5. The van der Waals surface area contributed by atoms with E-state index in [0.29, 0.717) is 12.1 Å². The standard InChI is InChI=1S/C16H17FN2O2/c1-10-12(16(18)20)4-3-5-14(10)19-9-11-6-7-15(21-2)13(17)8-11/h3-8,19H,9H2,1-2H3,(H2,18,20). The van der Waals surface area contributed by atoms with Crippen molar-refractivity contribution in [2.24, 2.45) is 5.73 Å². The number of halogens is 1. The van der Waals surface area contributed by atoms with Gasteiger partial charge in [-0.15, -0.1) is 0 Å². The van der Waals surface area contributed by atoms with Gasteiger partial charge in [0.2, 0.25) is 5.91 Å². The van der Waals surface area contributed by atoms with Crippen LogP contribution < -0.4 is 15.8 Å². The largest absolute Gasteiger partial charge is 0.494 e. The van der Waals surface area contributed by atoms with Crippen LogP contribution in [-0.4, -0.2) is 13.0 Å². The molecule has 5 heteroatoms. The Morgan fingerprint density at radius 1 is 1.33 bits per heavy atom. The summed E-state index contributed by atoms with van der Waals surface area (Å²) in [5.41, 5.74) is 8.13. The van der Waals surface area contributed by atoms with Gasteiger partial charge in [0.1, 0.15) is 0 Å². The molecule has 0 saturated heterocycles. The number of hydrogen-bond donors (Lipinski definition) is 2. The van der Waals surface area contributed by atoms with Gasteiger partial charge >= 0.3 is 0 Å². The second-order valence-electron chi connectivity index (χ2n) is 4.66. The lowest BCUT2D eigenvalue weighted by molar-refractivity contribution is 0.1000. The maximum absolute atomic E-state index is 13.6. The molecule has 0 bridgehead atoms. The van der Waals surface area contributed by atoms with Crippen LogP contribution in [0, 0.1) is 12.7 Å². The van der Waals surface area contributed by atoms with Gasteiger partial charge in [-0.25, -0.2) is 4.39 Å². The zero-order chi connectivity index (χ0) is 15.4. The van der Waals surface area contributed by atoms with E-state index < -0.39 is 11.7 Å². The average molecular weight is 288 g/mol. The summed E-state index contributed by atoms with van der Waals surface area (Å²) in [7, 11) is 1.43. The first kappa shape index (κ1) is 14.8. The third-order valence-electron chi connectivity index (χ3n) is 3.30. The summed E-state index contributed by atoms with van der Waals surface area (Å²) >= 11 is 0. The first-order valence-corrected chi connectivity index (χ1v) is 6.48. The van der Waals surface area contributed by atoms with Gasteiger partial charge in [-0.3, -0.25) is 4.79 Å². The lowest BCUT2D eigenvalue weighted by Crippen LogP contribution is -2.14. The zero-order valence-corrected chi connectivity index (χ0v) is 11.9. The van der Waals surface area contributed by atoms with E-state index in [1.165, 1.54) is 13.2 Å². The molecule has 0 aliphatic carbocycles. The summed E-state index contributed by atoms with van der Waals surface area (Å²) in [5, 5.41) is 3.17. The maximum atomic E-state index is 13.6. The molecule has 0 unspecified atom stereocenters. The lowest BCUT2D eigenvalue weighted by Gasteiger charge is -2.12. The second-order valence-corrected chi connectivity index (χ2v) is 4.66. The van der Waals surface area contributed by atoms with Gasteiger partial charge in [0, 0.05) is 17.8 Å². The number of amides is 1. The number of benzene rings is 2. The summed E-state index contributed by atoms with van der Waals surface area (Å²) in [6.07, 6.45) is 0. The summed E-state index contributed by atoms with van der Waals surface area (Å²) in [5.74, 6) is -0.656. The van der Waals surface area contributed by atoms with Crippen molar-refractivity contribution in [2.45, 2.75) is 13.5 Å². The minimum absolute atomic E-state index is 0.214. The highest BCUT2D eigenvalue weighted by Gasteiger charge is 2.09. The molecule has 2 aromatic carbocycles. The van der Waals surface area contributed by atoms with Crippen molar-refractivity contribution in [1.82, 2.24) is 0 Å². The van der Waals surface area contributed by atoms with Crippen molar-refractivity contribution < 1.29 is 13.9 Å². The molecule has 0 aliphatic heterocycles. The van der Waals surface area contributed by atoms with E-state index in [4.69, 9.17) is 10.5 Å². The summed E-state index contributed by atoms with van der Waals surface area (Å²) in [6.45, 7) is 2.25. The number of hydrogen-bond acceptors (Lipinski definition) is 3. The minimum atomic E-state index is -0.466. The van der Waals surface area contributed by atoms with Crippen molar-refractivity contribution in [1.29, 1.82) is 0 Å². The molecule has 0 fully saturated rings. The Morgan fingerprint density at radius 3 is 2.71 bits per heavy atom. The molecule has 0 atom stereocenters. The minimum Gasteiger partial charge on any atom is -0.494 e. The van der Waals surface area contributed by atoms with Gasteiger partial charge in [0.25, 0.3) is 0 Å². The first-order valence-electron chi connectivity index (χ1n) is 6.48. The van der Waals surface area contributed by atoms with E-state index in [1.54, 1.807) is 24.3 Å². The Labute approximate surface area is 122 Å². The molecule has 2 rings (SSSR count). The predicted molar refractivity (Wildman–Crippen MR) is 80.0 cm³/mol. The third kappa shape index (κ3) is 3.31. The third-order valence-corrected chi connectivity index (χ3v) is 3.30. The lowest BCUT2D eigenvalue weighted by atomic mass is 10.1. The number of anilines is 1. The van der Waals surface area contributed by atoms with Gasteiger partial charge in [-0.2, -0.15) is 0 Å². The Hall–Kier alpha value is -2.56. The van der Waals surface area contributed by atoms with Gasteiger partial charge < -0.3 is 15.8 Å². The van der Waals surface area contributed by atoms with Crippen LogP contribution in [0.15, 0.2) is 36.4 Å². The molecule has 110 valence electrons. The van der Waals surface area contributed by atoms with Gasteiger partial charge in [-0.05, 0) is 42.3 Å². The van der Waals surface area contributed by atoms with Crippen molar-refractivity contribution in [2.75, 3.05) is 12.4 Å². The van der Waals surface area contributed by atoms with E-state index in [0.717, 1.165) is 16.8 Å². The monoisotopic (exact) mass is 288 g/mol. The van der Waals surface area contributed by atoms with E-state index in [9.17, 15) is 9.18 Å². The smallest absolute Gasteiger partial charge is 0.249 e. The number of ether oxygens (including phenoxy) is 1. The molecule has 3 N–H and O–H groups in total. The number of nitrogens with two attached hydrogens (primary N) is 1. The normalized spacial score (nSPS) is 10.2. The molecule has 0 spiro atoms. The Morgan fingerprint density at radius 2 is 2.10 bits per heavy atom. The molecular weight excluding hydrogens is 271 g/mol. The van der Waals surface area contributed by atoms with Gasteiger partial charge in [-0.1, -0.05) is 12.1 Å². The van der Waals surface area contributed by atoms with Crippen LogP contribution in [0.25, 0.3) is 0 Å². The van der Waals surface area contributed by atoms with Crippen LogP contribution in [0.4, 0.5) is 10.1 Å². The van der Waals surface area contributed by atoms with Crippen molar-refractivity contribution in [3.05, 3.63) is 58.9 Å². The van der Waals surface area contributed by atoms with Crippen molar-refractivity contribution in [3.8, 4) is 5.75 Å². The molecular formula is C16H17FN2O2. The van der Waals surface area contributed by atoms with Crippen LogP contribution in [0.3, 0.4) is 0 Å². The van der Waals surface area contributed by atoms with Gasteiger partial charge in [0.05, 0.1) is 7.11 Å². The summed E-state index contributed by atoms with van der Waals surface area (Å²) in [4.78, 5) is 11.3. The molecule has 0 aliphatic rings. The predicted octanol–water partition coefficient (Wildman–Crippen LogP) is 2.85. The highest BCUT2D eigenvalue weighted by Crippen LogP contribution is 2.21. The fourth-order valence-corrected chi connectivity index (χ4v) is 2.11. The fraction of sp³-hybridized carbons (Fsp3) is 0.188. The van der Waals surface area contributed by atoms with Crippen molar-refractivity contribution >= 4 is 11.6 Å². The quantitative estimate of drug-likeness (QED) is 0.889. The highest BCUT2D eigenvalue weighted by molar-refractivity contribution is 5.95. The number of carbonyl (C=O) groups excluding carboxylic acids is 1.